The van der Waals surface area contributed by atoms with Crippen molar-refractivity contribution in [2.24, 2.45) is 0 Å². The zero-order valence-corrected chi connectivity index (χ0v) is 16.3. The Balaban J connectivity index is 2.20. The molecule has 1 aliphatic rings. The van der Waals surface area contributed by atoms with Gasteiger partial charge in [-0.1, -0.05) is 30.3 Å². The van der Waals surface area contributed by atoms with E-state index in [1.54, 1.807) is 30.3 Å². The van der Waals surface area contributed by atoms with Gasteiger partial charge in [0, 0.05) is 26.8 Å². The van der Waals surface area contributed by atoms with Crippen LogP contribution in [0.1, 0.15) is 12.5 Å². The molecular formula is C17H26N2O7S. The molecule has 1 fully saturated rings. The lowest BCUT2D eigenvalue weighted by Crippen LogP contribution is -2.49. The molecule has 0 bridgehead atoms. The van der Waals surface area contributed by atoms with Crippen LogP contribution >= 0.6 is 0 Å². The summed E-state index contributed by atoms with van der Waals surface area (Å²) >= 11 is 0. The van der Waals surface area contributed by atoms with E-state index >= 15 is 0 Å². The third kappa shape index (κ3) is 5.63. The molecule has 2 rings (SSSR count). The van der Waals surface area contributed by atoms with Gasteiger partial charge in [0.05, 0.1) is 25.9 Å². The number of ether oxygens (including phenoxy) is 3. The lowest BCUT2D eigenvalue weighted by molar-refractivity contribution is -0.0777. The third-order valence-corrected chi connectivity index (χ3v) is 6.07. The van der Waals surface area contributed by atoms with Crippen molar-refractivity contribution < 1.29 is 32.5 Å². The third-order valence-electron chi connectivity index (χ3n) is 4.25. The molecule has 1 heterocycles. The zero-order chi connectivity index (χ0) is 19.9. The standard InChI is InChI=1S/C17H26N2O7S/c1-3-25-13-16-15(24-2)12-18(9-10-26-16)27(22,23)19(17(20)21)11-14-7-5-4-6-8-14/h4-8,15-16H,3,9-13H2,1-2H3,(H,20,21)/t15-,16+/m0/s1. The van der Waals surface area contributed by atoms with Gasteiger partial charge in [0.15, 0.2) is 0 Å². The molecule has 2 atom stereocenters. The molecule has 1 N–H and O–H groups in total. The van der Waals surface area contributed by atoms with E-state index in [0.717, 1.165) is 4.31 Å². The Labute approximate surface area is 159 Å². The van der Waals surface area contributed by atoms with Crippen molar-refractivity contribution in [3.63, 3.8) is 0 Å². The molecule has 1 saturated heterocycles. The highest BCUT2D eigenvalue weighted by Gasteiger charge is 2.38. The minimum absolute atomic E-state index is 0.0187. The molecule has 1 aliphatic heterocycles. The molecule has 1 aromatic carbocycles. The highest BCUT2D eigenvalue weighted by molar-refractivity contribution is 7.87. The molecule has 0 aliphatic carbocycles. The first-order chi connectivity index (χ1) is 12.9. The molecule has 10 heteroatoms. The van der Waals surface area contributed by atoms with Crippen LogP contribution in [0.15, 0.2) is 30.3 Å². The molecule has 27 heavy (non-hydrogen) atoms. The van der Waals surface area contributed by atoms with E-state index in [9.17, 15) is 18.3 Å². The summed E-state index contributed by atoms with van der Waals surface area (Å²) in [5.41, 5.74) is 0.576. The van der Waals surface area contributed by atoms with Crippen LogP contribution in [-0.2, 0) is 31.0 Å². The SMILES string of the molecule is CCOC[C@H]1OCCN(S(=O)(=O)N(Cc2ccccc2)C(=O)O)C[C@@H]1OC. The first-order valence-corrected chi connectivity index (χ1v) is 10.1. The van der Waals surface area contributed by atoms with Crippen LogP contribution in [0.3, 0.4) is 0 Å². The van der Waals surface area contributed by atoms with Crippen LogP contribution < -0.4 is 0 Å². The molecule has 0 radical (unpaired) electrons. The number of hydrogen-bond acceptors (Lipinski definition) is 6. The number of rotatable bonds is 8. The Bertz CT molecular complexity index is 698. The highest BCUT2D eigenvalue weighted by atomic mass is 32.2. The van der Waals surface area contributed by atoms with Crippen LogP contribution in [0.4, 0.5) is 4.79 Å². The lowest BCUT2D eigenvalue weighted by atomic mass is 10.2. The average Bonchev–Trinajstić information content (AvgIpc) is 2.87. The van der Waals surface area contributed by atoms with Gasteiger partial charge in [-0.15, -0.1) is 0 Å². The van der Waals surface area contributed by atoms with E-state index in [4.69, 9.17) is 14.2 Å². The minimum Gasteiger partial charge on any atom is -0.464 e. The molecule has 0 aromatic heterocycles. The number of carboxylic acid groups (broad SMARTS) is 1. The van der Waals surface area contributed by atoms with Crippen LogP contribution in [0, 0.1) is 0 Å². The second-order valence-electron chi connectivity index (χ2n) is 5.98. The molecule has 9 nitrogen and oxygen atoms in total. The van der Waals surface area contributed by atoms with Gasteiger partial charge >= 0.3 is 16.3 Å². The van der Waals surface area contributed by atoms with E-state index in [0.29, 0.717) is 16.5 Å². The van der Waals surface area contributed by atoms with Gasteiger partial charge in [0.1, 0.15) is 6.10 Å². The van der Waals surface area contributed by atoms with Gasteiger partial charge < -0.3 is 19.3 Å². The highest BCUT2D eigenvalue weighted by Crippen LogP contribution is 2.19. The summed E-state index contributed by atoms with van der Waals surface area (Å²) in [6.45, 7) is 2.49. The zero-order valence-electron chi connectivity index (χ0n) is 15.5. The average molecular weight is 402 g/mol. The summed E-state index contributed by atoms with van der Waals surface area (Å²) in [6.07, 6.45) is -2.53. The van der Waals surface area contributed by atoms with Gasteiger partial charge in [0.25, 0.3) is 0 Å². The van der Waals surface area contributed by atoms with Crippen LogP contribution in [0.5, 0.6) is 0 Å². The monoisotopic (exact) mass is 402 g/mol. The number of methoxy groups -OCH3 is 1. The molecule has 1 amide bonds. The number of carbonyl (C=O) groups is 1. The van der Waals surface area contributed by atoms with Crippen molar-refractivity contribution in [3.8, 4) is 0 Å². The first kappa shape index (κ1) is 21.6. The lowest BCUT2D eigenvalue weighted by Gasteiger charge is -2.29. The Morgan fingerprint density at radius 2 is 2.07 bits per heavy atom. The summed E-state index contributed by atoms with van der Waals surface area (Å²) in [6, 6.07) is 8.57. The molecule has 0 unspecified atom stereocenters. The van der Waals surface area contributed by atoms with Gasteiger partial charge in [-0.3, -0.25) is 0 Å². The quantitative estimate of drug-likeness (QED) is 0.696. The van der Waals surface area contributed by atoms with Gasteiger partial charge in [0.2, 0.25) is 0 Å². The Morgan fingerprint density at radius 1 is 1.37 bits per heavy atom. The van der Waals surface area contributed by atoms with Gasteiger partial charge in [-0.25, -0.2) is 4.79 Å². The van der Waals surface area contributed by atoms with Gasteiger partial charge in [-0.05, 0) is 12.5 Å². The molecule has 0 spiro atoms. The maximum absolute atomic E-state index is 13.0. The second-order valence-corrected chi connectivity index (χ2v) is 7.84. The molecule has 1 aromatic rings. The van der Waals surface area contributed by atoms with Crippen molar-refractivity contribution in [1.29, 1.82) is 0 Å². The minimum atomic E-state index is -4.27. The van der Waals surface area contributed by atoms with Crippen molar-refractivity contribution in [2.45, 2.75) is 25.7 Å². The van der Waals surface area contributed by atoms with E-state index < -0.39 is 28.5 Å². The number of hydrogen-bond donors (Lipinski definition) is 1. The summed E-state index contributed by atoms with van der Waals surface area (Å²) in [5.74, 6) is 0. The Kier molecular flexibility index (Phi) is 7.99. The van der Waals surface area contributed by atoms with E-state index in [1.165, 1.54) is 7.11 Å². The van der Waals surface area contributed by atoms with E-state index in [1.807, 2.05) is 6.92 Å². The van der Waals surface area contributed by atoms with E-state index in [2.05, 4.69) is 0 Å². The first-order valence-electron chi connectivity index (χ1n) is 8.67. The topological polar surface area (TPSA) is 106 Å². The van der Waals surface area contributed by atoms with Crippen molar-refractivity contribution in [3.05, 3.63) is 35.9 Å². The van der Waals surface area contributed by atoms with Crippen LogP contribution in [0.2, 0.25) is 0 Å². The fourth-order valence-corrected chi connectivity index (χ4v) is 4.21. The number of benzene rings is 1. The number of nitrogens with zero attached hydrogens (tertiary/aromatic N) is 2. The van der Waals surface area contributed by atoms with E-state index in [-0.39, 0.29) is 32.8 Å². The van der Waals surface area contributed by atoms with Crippen molar-refractivity contribution in [2.75, 3.05) is 40.0 Å². The predicted octanol–water partition coefficient (Wildman–Crippen LogP) is 1.16. The normalized spacial score (nSPS) is 21.6. The largest absolute Gasteiger partial charge is 0.464 e. The fourth-order valence-electron chi connectivity index (χ4n) is 2.78. The molecular weight excluding hydrogens is 376 g/mol. The summed E-state index contributed by atoms with van der Waals surface area (Å²) in [7, 11) is -2.81. The maximum Gasteiger partial charge on any atom is 0.422 e. The Hall–Kier alpha value is -1.72. The maximum atomic E-state index is 13.0. The van der Waals surface area contributed by atoms with Crippen molar-refractivity contribution in [1.82, 2.24) is 8.61 Å². The van der Waals surface area contributed by atoms with Gasteiger partial charge in [-0.2, -0.15) is 17.0 Å². The molecule has 152 valence electrons. The van der Waals surface area contributed by atoms with Crippen LogP contribution in [-0.4, -0.2) is 80.5 Å². The smallest absolute Gasteiger partial charge is 0.422 e. The second kappa shape index (κ2) is 10.00. The summed E-state index contributed by atoms with van der Waals surface area (Å²) in [4.78, 5) is 11.7. The summed E-state index contributed by atoms with van der Waals surface area (Å²) < 4.78 is 43.9. The van der Waals surface area contributed by atoms with Crippen molar-refractivity contribution >= 4 is 16.3 Å². The summed E-state index contributed by atoms with van der Waals surface area (Å²) in [5, 5.41) is 9.50. The fraction of sp³-hybridized carbons (Fsp3) is 0.588. The molecule has 0 saturated carbocycles. The van der Waals surface area contributed by atoms with Crippen LogP contribution in [0.25, 0.3) is 0 Å². The Morgan fingerprint density at radius 3 is 2.67 bits per heavy atom. The number of amides is 1. The predicted molar refractivity (Wildman–Crippen MR) is 97.5 cm³/mol.